The van der Waals surface area contributed by atoms with Crippen molar-refractivity contribution in [2.75, 3.05) is 5.73 Å². The average molecular weight is 379 g/mol. The van der Waals surface area contributed by atoms with E-state index in [0.29, 0.717) is 17.1 Å². The van der Waals surface area contributed by atoms with E-state index in [9.17, 15) is 5.26 Å². The van der Waals surface area contributed by atoms with Crippen LogP contribution in [-0.4, -0.2) is 15.7 Å². The summed E-state index contributed by atoms with van der Waals surface area (Å²) in [4.78, 5) is 8.09. The molecule has 1 aliphatic carbocycles. The number of anilines is 1. The molecule has 0 radical (unpaired) electrons. The molecule has 0 spiro atoms. The van der Waals surface area contributed by atoms with E-state index in [-0.39, 0.29) is 0 Å². The lowest BCUT2D eigenvalue weighted by atomic mass is 9.85. The summed E-state index contributed by atoms with van der Waals surface area (Å²) >= 11 is 0. The van der Waals surface area contributed by atoms with Gasteiger partial charge in [0.05, 0.1) is 5.52 Å². The molecular weight excluding hydrogens is 358 g/mol. The van der Waals surface area contributed by atoms with Crippen LogP contribution < -0.4 is 5.73 Å². The van der Waals surface area contributed by atoms with Gasteiger partial charge >= 0.3 is 0 Å². The molecule has 0 aliphatic heterocycles. The molecule has 0 amide bonds. The summed E-state index contributed by atoms with van der Waals surface area (Å²) in [6, 6.07) is 14.0. The second-order valence-electron chi connectivity index (χ2n) is 7.77. The number of benzene rings is 2. The monoisotopic (exact) mass is 379 g/mol. The van der Waals surface area contributed by atoms with E-state index in [1.165, 1.54) is 16.5 Å². The van der Waals surface area contributed by atoms with E-state index >= 15 is 0 Å². The van der Waals surface area contributed by atoms with Gasteiger partial charge in [-0.2, -0.15) is 5.26 Å². The maximum absolute atomic E-state index is 9.29. The van der Waals surface area contributed by atoms with Gasteiger partial charge in [0, 0.05) is 38.9 Å². The van der Waals surface area contributed by atoms with Gasteiger partial charge in [-0.15, -0.1) is 0 Å². The lowest BCUT2D eigenvalue weighted by Crippen LogP contribution is -2.08. The van der Waals surface area contributed by atoms with Crippen molar-refractivity contribution in [2.45, 2.75) is 32.6 Å². The van der Waals surface area contributed by atoms with Crippen molar-refractivity contribution in [3.8, 4) is 17.3 Å². The van der Waals surface area contributed by atoms with Crippen molar-refractivity contribution in [2.24, 2.45) is 0 Å². The summed E-state index contributed by atoms with van der Waals surface area (Å²) in [6.45, 7) is 1.76. The molecule has 142 valence electrons. The molecule has 4 N–H and O–H groups in total. The normalized spacial score (nSPS) is 13.4. The van der Waals surface area contributed by atoms with E-state index in [1.807, 2.05) is 30.3 Å². The van der Waals surface area contributed by atoms with Crippen LogP contribution in [0.25, 0.3) is 33.1 Å². The molecule has 0 unspecified atom stereocenters. The molecule has 2 aromatic heterocycles. The predicted octanol–water partition coefficient (Wildman–Crippen LogP) is 5.10. The van der Waals surface area contributed by atoms with Crippen LogP contribution in [0.2, 0.25) is 0 Å². The fourth-order valence-corrected chi connectivity index (χ4v) is 4.59. The third-order valence-electron chi connectivity index (χ3n) is 5.94. The van der Waals surface area contributed by atoms with Crippen molar-refractivity contribution in [1.29, 1.82) is 10.7 Å². The highest BCUT2D eigenvalue weighted by Gasteiger charge is 2.21. The minimum Gasteiger partial charge on any atom is -0.398 e. The quantitative estimate of drug-likeness (QED) is 0.333. The molecule has 2 aromatic carbocycles. The number of nitrogens with zero attached hydrogens (tertiary/aromatic N) is 2. The minimum absolute atomic E-state index is 0.464. The number of nitrogen functional groups attached to an aromatic ring is 1. The van der Waals surface area contributed by atoms with Crippen molar-refractivity contribution in [1.82, 2.24) is 9.97 Å². The molecule has 5 rings (SSSR count). The zero-order chi connectivity index (χ0) is 20.1. The Labute approximate surface area is 168 Å². The highest BCUT2D eigenvalue weighted by Crippen LogP contribution is 2.38. The first-order valence-corrected chi connectivity index (χ1v) is 9.89. The molecule has 2 heterocycles. The number of hydrogen-bond donors (Lipinski definition) is 3. The van der Waals surface area contributed by atoms with E-state index in [4.69, 9.17) is 11.1 Å². The first-order chi connectivity index (χ1) is 14.1. The van der Waals surface area contributed by atoms with Gasteiger partial charge < -0.3 is 16.1 Å². The van der Waals surface area contributed by atoms with E-state index < -0.39 is 0 Å². The number of aromatic amines is 1. The maximum Gasteiger partial charge on any atom is 0.141 e. The zero-order valence-electron chi connectivity index (χ0n) is 16.3. The van der Waals surface area contributed by atoms with Crippen LogP contribution in [0.4, 0.5) is 5.69 Å². The molecule has 5 nitrogen and oxygen atoms in total. The van der Waals surface area contributed by atoms with Gasteiger partial charge in [-0.1, -0.05) is 6.07 Å². The molecule has 4 aromatic rings. The topological polar surface area (TPSA) is 102 Å². The highest BCUT2D eigenvalue weighted by atomic mass is 14.7. The molecule has 5 heteroatoms. The number of fused-ring (bicyclic) bond motifs is 5. The lowest BCUT2D eigenvalue weighted by molar-refractivity contribution is 0.689. The number of aryl methyl sites for hydroxylation is 1. The van der Waals surface area contributed by atoms with Crippen molar-refractivity contribution in [3.05, 3.63) is 58.8 Å². The molecule has 0 saturated heterocycles. The van der Waals surface area contributed by atoms with Gasteiger partial charge in [0.1, 0.15) is 11.8 Å². The second kappa shape index (κ2) is 6.46. The molecule has 29 heavy (non-hydrogen) atoms. The maximum atomic E-state index is 9.29. The van der Waals surface area contributed by atoms with E-state index in [1.54, 1.807) is 6.92 Å². The first-order valence-electron chi connectivity index (χ1n) is 9.89. The summed E-state index contributed by atoms with van der Waals surface area (Å²) in [7, 11) is 0. The third kappa shape index (κ3) is 2.68. The smallest absolute Gasteiger partial charge is 0.141 e. The van der Waals surface area contributed by atoms with Crippen LogP contribution >= 0.6 is 0 Å². The number of H-pyrrole nitrogens is 1. The Bertz CT molecular complexity index is 1350. The van der Waals surface area contributed by atoms with Crippen LogP contribution in [0.3, 0.4) is 0 Å². The summed E-state index contributed by atoms with van der Waals surface area (Å²) in [5.74, 6) is 0. The number of aromatic nitrogens is 2. The SMILES string of the molecule is CC(=N)c1cc(-c2[nH]c3ccc4nc(C#N)cc4c3c3c2CCCC3)ccc1N. The van der Waals surface area contributed by atoms with Gasteiger partial charge in [-0.25, -0.2) is 4.98 Å². The Morgan fingerprint density at radius 1 is 1.14 bits per heavy atom. The second-order valence-corrected chi connectivity index (χ2v) is 7.77. The number of nitrogens with one attached hydrogen (secondary N) is 2. The van der Waals surface area contributed by atoms with Crippen molar-refractivity contribution < 1.29 is 0 Å². The summed E-state index contributed by atoms with van der Waals surface area (Å²) in [5.41, 5.74) is 15.2. The summed E-state index contributed by atoms with van der Waals surface area (Å²) < 4.78 is 0. The van der Waals surface area contributed by atoms with Crippen molar-refractivity contribution >= 4 is 33.2 Å². The zero-order valence-corrected chi connectivity index (χ0v) is 16.3. The minimum atomic E-state index is 0.464. The first kappa shape index (κ1) is 17.4. The summed E-state index contributed by atoms with van der Waals surface area (Å²) in [5, 5.41) is 19.6. The molecular formula is C24H21N5. The predicted molar refractivity (Wildman–Crippen MR) is 117 cm³/mol. The van der Waals surface area contributed by atoms with E-state index in [0.717, 1.165) is 58.9 Å². The Morgan fingerprint density at radius 3 is 2.69 bits per heavy atom. The van der Waals surface area contributed by atoms with Gasteiger partial charge in [0.15, 0.2) is 0 Å². The number of nitriles is 1. The van der Waals surface area contributed by atoms with Crippen molar-refractivity contribution in [3.63, 3.8) is 0 Å². The van der Waals surface area contributed by atoms with Gasteiger partial charge in [-0.3, -0.25) is 0 Å². The molecule has 0 saturated carbocycles. The third-order valence-corrected chi connectivity index (χ3v) is 5.94. The Morgan fingerprint density at radius 2 is 1.93 bits per heavy atom. The fourth-order valence-electron chi connectivity index (χ4n) is 4.59. The van der Waals surface area contributed by atoms with E-state index in [2.05, 4.69) is 22.1 Å². The number of hydrogen-bond acceptors (Lipinski definition) is 4. The van der Waals surface area contributed by atoms with Crippen LogP contribution in [0.15, 0.2) is 36.4 Å². The molecule has 0 fully saturated rings. The average Bonchev–Trinajstić information content (AvgIpc) is 3.16. The van der Waals surface area contributed by atoms with Crippen LogP contribution in [0.5, 0.6) is 0 Å². The number of pyridine rings is 1. The summed E-state index contributed by atoms with van der Waals surface area (Å²) in [6.07, 6.45) is 4.35. The molecule has 0 atom stereocenters. The highest BCUT2D eigenvalue weighted by molar-refractivity contribution is 6.09. The van der Waals surface area contributed by atoms with Crippen LogP contribution in [0.1, 0.15) is 42.1 Å². The molecule has 1 aliphatic rings. The largest absolute Gasteiger partial charge is 0.398 e. The lowest BCUT2D eigenvalue weighted by Gasteiger charge is -2.23. The van der Waals surface area contributed by atoms with Gasteiger partial charge in [0.2, 0.25) is 0 Å². The Hall–Kier alpha value is -3.65. The van der Waals surface area contributed by atoms with Gasteiger partial charge in [0.25, 0.3) is 0 Å². The fraction of sp³-hybridized carbons (Fsp3) is 0.208. The Balaban J connectivity index is 1.84. The number of nitrogens with two attached hydrogens (primary N) is 1. The van der Waals surface area contributed by atoms with Gasteiger partial charge in [-0.05, 0) is 79.6 Å². The molecule has 0 bridgehead atoms. The van der Waals surface area contributed by atoms with Crippen LogP contribution in [-0.2, 0) is 12.8 Å². The Kier molecular flexibility index (Phi) is 3.88. The standard InChI is InChI=1S/C24H21N5/c1-13(26)18-10-14(6-7-20(18)27)24-17-5-3-2-4-16(17)23-19-11-15(12-25)28-21(19)8-9-22(23)29-24/h6-11,26,29H,2-5,27H2,1H3. The van der Waals surface area contributed by atoms with Crippen LogP contribution in [0, 0.1) is 16.7 Å². The number of rotatable bonds is 2.